The summed E-state index contributed by atoms with van der Waals surface area (Å²) >= 11 is 0. The van der Waals surface area contributed by atoms with Gasteiger partial charge in [-0.15, -0.1) is 0 Å². The number of nitrogens with two attached hydrogens (primary N) is 1. The van der Waals surface area contributed by atoms with Crippen LogP contribution in [0.2, 0.25) is 0 Å². The molecule has 0 aliphatic carbocycles. The molecule has 3 nitrogen and oxygen atoms in total. The summed E-state index contributed by atoms with van der Waals surface area (Å²) in [7, 11) is 0. The van der Waals surface area contributed by atoms with Crippen LogP contribution in [0.15, 0.2) is 30.5 Å². The van der Waals surface area contributed by atoms with Crippen molar-refractivity contribution in [1.29, 1.82) is 0 Å². The van der Waals surface area contributed by atoms with Crippen LogP contribution in [-0.4, -0.2) is 9.78 Å². The molecule has 0 unspecified atom stereocenters. The van der Waals surface area contributed by atoms with E-state index in [1.54, 1.807) is 10.7 Å². The lowest BCUT2D eigenvalue weighted by Crippen LogP contribution is -1.99. The topological polar surface area (TPSA) is 43.8 Å². The Morgan fingerprint density at radius 2 is 2.00 bits per heavy atom. The van der Waals surface area contributed by atoms with Gasteiger partial charge in [0.1, 0.15) is 5.82 Å². The molecule has 14 heavy (non-hydrogen) atoms. The molecule has 0 atom stereocenters. The van der Waals surface area contributed by atoms with Gasteiger partial charge in [-0.25, -0.2) is 4.68 Å². The van der Waals surface area contributed by atoms with E-state index in [2.05, 4.69) is 37.1 Å². The summed E-state index contributed by atoms with van der Waals surface area (Å²) < 4.78 is 1.80. The molecule has 0 aliphatic rings. The highest BCUT2D eigenvalue weighted by Crippen LogP contribution is 2.15. The molecule has 2 N–H and O–H groups in total. The Morgan fingerprint density at radius 3 is 2.64 bits per heavy atom. The van der Waals surface area contributed by atoms with Gasteiger partial charge >= 0.3 is 0 Å². The van der Waals surface area contributed by atoms with Crippen molar-refractivity contribution in [2.75, 3.05) is 5.73 Å². The molecule has 0 saturated carbocycles. The molecule has 2 rings (SSSR count). The van der Waals surface area contributed by atoms with Crippen molar-refractivity contribution in [3.8, 4) is 5.69 Å². The Labute approximate surface area is 83.2 Å². The molecule has 0 aliphatic heterocycles. The summed E-state index contributed by atoms with van der Waals surface area (Å²) in [5.74, 6) is 0.547. The second kappa shape index (κ2) is 3.18. The molecule has 0 radical (unpaired) electrons. The van der Waals surface area contributed by atoms with Gasteiger partial charge in [-0.2, -0.15) is 5.10 Å². The molecule has 0 bridgehead atoms. The highest BCUT2D eigenvalue weighted by atomic mass is 15.3. The summed E-state index contributed by atoms with van der Waals surface area (Å²) in [6, 6.07) is 8.07. The van der Waals surface area contributed by atoms with Gasteiger partial charge in [-0.1, -0.05) is 12.1 Å². The first kappa shape index (κ1) is 8.81. The van der Waals surface area contributed by atoms with Crippen molar-refractivity contribution >= 4 is 5.82 Å². The number of hydrogen-bond donors (Lipinski definition) is 1. The third-order valence-corrected chi connectivity index (χ3v) is 2.22. The number of aromatic nitrogens is 2. The average Bonchev–Trinajstić information content (AvgIpc) is 2.56. The average molecular weight is 187 g/mol. The molecule has 0 saturated heterocycles. The van der Waals surface area contributed by atoms with Crippen molar-refractivity contribution in [2.24, 2.45) is 0 Å². The number of benzene rings is 1. The molecule has 1 heterocycles. The highest BCUT2D eigenvalue weighted by molar-refractivity contribution is 5.43. The van der Waals surface area contributed by atoms with E-state index in [0.29, 0.717) is 5.82 Å². The van der Waals surface area contributed by atoms with E-state index in [9.17, 15) is 0 Å². The number of aryl methyl sites for hydroxylation is 2. The van der Waals surface area contributed by atoms with Crippen LogP contribution in [-0.2, 0) is 0 Å². The van der Waals surface area contributed by atoms with Gasteiger partial charge in [-0.05, 0) is 31.0 Å². The Hall–Kier alpha value is -1.77. The van der Waals surface area contributed by atoms with Crippen LogP contribution in [0.3, 0.4) is 0 Å². The fourth-order valence-corrected chi connectivity index (χ4v) is 1.44. The van der Waals surface area contributed by atoms with E-state index in [0.717, 1.165) is 5.69 Å². The van der Waals surface area contributed by atoms with Gasteiger partial charge in [0.2, 0.25) is 0 Å². The zero-order valence-electron chi connectivity index (χ0n) is 8.36. The fourth-order valence-electron chi connectivity index (χ4n) is 1.44. The Kier molecular flexibility index (Phi) is 2.00. The van der Waals surface area contributed by atoms with E-state index < -0.39 is 0 Å². The molecule has 1 aromatic carbocycles. The highest BCUT2D eigenvalue weighted by Gasteiger charge is 2.02. The molecule has 0 fully saturated rings. The van der Waals surface area contributed by atoms with Crippen LogP contribution in [0, 0.1) is 13.8 Å². The lowest BCUT2D eigenvalue weighted by atomic mass is 10.1. The monoisotopic (exact) mass is 187 g/mol. The van der Waals surface area contributed by atoms with Crippen LogP contribution in [0.4, 0.5) is 5.82 Å². The maximum absolute atomic E-state index is 5.57. The predicted molar refractivity (Wildman–Crippen MR) is 57.5 cm³/mol. The molecular formula is C11H13N3. The van der Waals surface area contributed by atoms with E-state index in [1.807, 2.05) is 6.20 Å². The first-order chi connectivity index (χ1) is 6.66. The van der Waals surface area contributed by atoms with Crippen molar-refractivity contribution in [1.82, 2.24) is 9.78 Å². The second-order valence-electron chi connectivity index (χ2n) is 3.48. The standard InChI is InChI=1S/C11H13N3/c1-8-3-4-9(2)10(7-8)14-6-5-11(12)13-14/h3-7H,1-2H3,(H2,12,13). The van der Waals surface area contributed by atoms with Gasteiger partial charge in [0.15, 0.2) is 0 Å². The molecule has 0 spiro atoms. The quantitative estimate of drug-likeness (QED) is 0.742. The van der Waals surface area contributed by atoms with Crippen molar-refractivity contribution in [3.05, 3.63) is 41.6 Å². The van der Waals surface area contributed by atoms with E-state index in [1.165, 1.54) is 11.1 Å². The first-order valence-electron chi connectivity index (χ1n) is 4.55. The molecule has 2 aromatic rings. The molecule has 3 heteroatoms. The molecule has 72 valence electrons. The van der Waals surface area contributed by atoms with E-state index in [-0.39, 0.29) is 0 Å². The number of anilines is 1. The van der Waals surface area contributed by atoms with Gasteiger partial charge in [0.25, 0.3) is 0 Å². The number of rotatable bonds is 1. The van der Waals surface area contributed by atoms with Crippen LogP contribution in [0.25, 0.3) is 5.69 Å². The zero-order valence-corrected chi connectivity index (χ0v) is 8.36. The third-order valence-electron chi connectivity index (χ3n) is 2.22. The predicted octanol–water partition coefficient (Wildman–Crippen LogP) is 2.07. The Balaban J connectivity index is 2.55. The first-order valence-corrected chi connectivity index (χ1v) is 4.55. The van der Waals surface area contributed by atoms with Crippen LogP contribution in [0.5, 0.6) is 0 Å². The lowest BCUT2D eigenvalue weighted by Gasteiger charge is -2.06. The SMILES string of the molecule is Cc1ccc(C)c(-n2ccc(N)n2)c1. The van der Waals surface area contributed by atoms with Gasteiger partial charge < -0.3 is 5.73 Å². The fraction of sp³-hybridized carbons (Fsp3) is 0.182. The smallest absolute Gasteiger partial charge is 0.145 e. The van der Waals surface area contributed by atoms with Crippen LogP contribution in [0.1, 0.15) is 11.1 Å². The van der Waals surface area contributed by atoms with Crippen molar-refractivity contribution < 1.29 is 0 Å². The third kappa shape index (κ3) is 1.48. The zero-order chi connectivity index (χ0) is 10.1. The number of nitrogens with zero attached hydrogens (tertiary/aromatic N) is 2. The second-order valence-corrected chi connectivity index (χ2v) is 3.48. The maximum Gasteiger partial charge on any atom is 0.145 e. The molecule has 0 amide bonds. The number of hydrogen-bond acceptors (Lipinski definition) is 2. The van der Waals surface area contributed by atoms with Gasteiger partial charge in [0, 0.05) is 12.3 Å². The van der Waals surface area contributed by atoms with Gasteiger partial charge in [0.05, 0.1) is 5.69 Å². The lowest BCUT2D eigenvalue weighted by molar-refractivity contribution is 0.876. The summed E-state index contributed by atoms with van der Waals surface area (Å²) in [4.78, 5) is 0. The molecular weight excluding hydrogens is 174 g/mol. The molecule has 1 aromatic heterocycles. The maximum atomic E-state index is 5.57. The minimum Gasteiger partial charge on any atom is -0.382 e. The minimum absolute atomic E-state index is 0.547. The van der Waals surface area contributed by atoms with Crippen LogP contribution < -0.4 is 5.73 Å². The summed E-state index contributed by atoms with van der Waals surface area (Å²) in [6.07, 6.45) is 1.87. The summed E-state index contributed by atoms with van der Waals surface area (Å²) in [5.41, 5.74) is 9.07. The Morgan fingerprint density at radius 1 is 1.21 bits per heavy atom. The normalized spacial score (nSPS) is 10.4. The summed E-state index contributed by atoms with van der Waals surface area (Å²) in [6.45, 7) is 4.13. The van der Waals surface area contributed by atoms with Crippen molar-refractivity contribution in [3.63, 3.8) is 0 Å². The van der Waals surface area contributed by atoms with E-state index in [4.69, 9.17) is 5.73 Å². The largest absolute Gasteiger partial charge is 0.382 e. The minimum atomic E-state index is 0.547. The van der Waals surface area contributed by atoms with Crippen molar-refractivity contribution in [2.45, 2.75) is 13.8 Å². The van der Waals surface area contributed by atoms with Crippen LogP contribution >= 0.6 is 0 Å². The van der Waals surface area contributed by atoms with E-state index >= 15 is 0 Å². The summed E-state index contributed by atoms with van der Waals surface area (Å²) in [5, 5.41) is 4.18. The Bertz CT molecular complexity index is 457. The van der Waals surface area contributed by atoms with Gasteiger partial charge in [-0.3, -0.25) is 0 Å². The number of nitrogen functional groups attached to an aromatic ring is 1.